The molecular formula is C16H15Br2FN2O3S. The van der Waals surface area contributed by atoms with Crippen LogP contribution < -0.4 is 5.32 Å². The largest absolute Gasteiger partial charge is 0.322 e. The van der Waals surface area contributed by atoms with Crippen molar-refractivity contribution in [2.24, 2.45) is 0 Å². The minimum atomic E-state index is -3.82. The van der Waals surface area contributed by atoms with Crippen molar-refractivity contribution in [1.29, 1.82) is 0 Å². The highest BCUT2D eigenvalue weighted by atomic mass is 79.9. The topological polar surface area (TPSA) is 66.5 Å². The van der Waals surface area contributed by atoms with Gasteiger partial charge in [-0.2, -0.15) is 4.31 Å². The number of halogens is 3. The summed E-state index contributed by atoms with van der Waals surface area (Å²) in [5.74, 6) is -1.23. The second-order valence-corrected chi connectivity index (χ2v) is 8.83. The van der Waals surface area contributed by atoms with Crippen LogP contribution in [0.2, 0.25) is 0 Å². The van der Waals surface area contributed by atoms with Crippen LogP contribution in [-0.4, -0.2) is 31.7 Å². The van der Waals surface area contributed by atoms with E-state index in [0.29, 0.717) is 4.47 Å². The fraction of sp³-hybridized carbons (Fsp3) is 0.188. The lowest BCUT2D eigenvalue weighted by Crippen LogP contribution is -2.37. The number of rotatable bonds is 6. The number of likely N-dealkylation sites (N-methyl/N-ethyl adjacent to an activating group) is 1. The van der Waals surface area contributed by atoms with Gasteiger partial charge in [-0.25, -0.2) is 12.8 Å². The second-order valence-electron chi connectivity index (χ2n) is 5.06. The fourth-order valence-corrected chi connectivity index (χ4v) is 4.07. The summed E-state index contributed by atoms with van der Waals surface area (Å²) in [5, 5.41) is 2.39. The minimum Gasteiger partial charge on any atom is -0.322 e. The van der Waals surface area contributed by atoms with Gasteiger partial charge in [-0.3, -0.25) is 4.79 Å². The Morgan fingerprint density at radius 3 is 2.28 bits per heavy atom. The Hall–Kier alpha value is -1.29. The first-order valence-electron chi connectivity index (χ1n) is 7.24. The SMILES string of the molecule is CCN(CC(=O)Nc1ccc(Br)cc1F)S(=O)(=O)c1ccc(Br)cc1. The van der Waals surface area contributed by atoms with Gasteiger partial charge in [-0.1, -0.05) is 38.8 Å². The Morgan fingerprint density at radius 2 is 1.72 bits per heavy atom. The molecule has 0 saturated carbocycles. The van der Waals surface area contributed by atoms with Gasteiger partial charge >= 0.3 is 0 Å². The molecule has 2 aromatic rings. The molecule has 1 amide bonds. The lowest BCUT2D eigenvalue weighted by molar-refractivity contribution is -0.116. The number of amides is 1. The van der Waals surface area contributed by atoms with E-state index in [1.165, 1.54) is 24.3 Å². The molecule has 0 radical (unpaired) electrons. The Morgan fingerprint density at radius 1 is 1.12 bits per heavy atom. The molecule has 2 rings (SSSR count). The van der Waals surface area contributed by atoms with E-state index in [1.54, 1.807) is 25.1 Å². The number of nitrogens with zero attached hydrogens (tertiary/aromatic N) is 1. The molecule has 134 valence electrons. The van der Waals surface area contributed by atoms with Gasteiger partial charge in [0.1, 0.15) is 5.82 Å². The number of hydrogen-bond donors (Lipinski definition) is 1. The Bertz CT molecular complexity index is 873. The maximum absolute atomic E-state index is 13.8. The van der Waals surface area contributed by atoms with Crippen LogP contribution in [0, 0.1) is 5.82 Å². The molecule has 0 saturated heterocycles. The van der Waals surface area contributed by atoms with Gasteiger partial charge in [-0.05, 0) is 42.5 Å². The molecule has 1 N–H and O–H groups in total. The van der Waals surface area contributed by atoms with Crippen LogP contribution in [0.4, 0.5) is 10.1 Å². The monoisotopic (exact) mass is 492 g/mol. The van der Waals surface area contributed by atoms with E-state index in [2.05, 4.69) is 37.2 Å². The Kier molecular flexibility index (Phi) is 6.72. The molecule has 0 spiro atoms. The van der Waals surface area contributed by atoms with Crippen molar-refractivity contribution in [3.05, 3.63) is 57.2 Å². The smallest absolute Gasteiger partial charge is 0.243 e. The molecule has 9 heteroatoms. The summed E-state index contributed by atoms with van der Waals surface area (Å²) in [6.45, 7) is 1.32. The fourth-order valence-electron chi connectivity index (χ4n) is 2.06. The number of carbonyl (C=O) groups excluding carboxylic acids is 1. The van der Waals surface area contributed by atoms with E-state index in [-0.39, 0.29) is 17.1 Å². The van der Waals surface area contributed by atoms with Crippen molar-refractivity contribution in [2.75, 3.05) is 18.4 Å². The molecule has 0 aliphatic carbocycles. The van der Waals surface area contributed by atoms with Gasteiger partial charge < -0.3 is 5.32 Å². The summed E-state index contributed by atoms with van der Waals surface area (Å²) < 4.78 is 41.4. The highest BCUT2D eigenvalue weighted by molar-refractivity contribution is 9.10. The van der Waals surface area contributed by atoms with Crippen molar-refractivity contribution in [1.82, 2.24) is 4.31 Å². The molecule has 0 atom stereocenters. The number of carbonyl (C=O) groups is 1. The van der Waals surface area contributed by atoms with Gasteiger partial charge in [0.15, 0.2) is 0 Å². The number of sulfonamides is 1. The maximum atomic E-state index is 13.8. The quantitative estimate of drug-likeness (QED) is 0.661. The van der Waals surface area contributed by atoms with Gasteiger partial charge in [0, 0.05) is 15.5 Å². The number of hydrogen-bond acceptors (Lipinski definition) is 3. The van der Waals surface area contributed by atoms with Crippen molar-refractivity contribution in [3.63, 3.8) is 0 Å². The molecule has 0 aromatic heterocycles. The third-order valence-electron chi connectivity index (χ3n) is 3.33. The average molecular weight is 494 g/mol. The number of benzene rings is 2. The van der Waals surface area contributed by atoms with Crippen LogP contribution in [0.15, 0.2) is 56.3 Å². The highest BCUT2D eigenvalue weighted by Crippen LogP contribution is 2.21. The summed E-state index contributed by atoms with van der Waals surface area (Å²) in [6.07, 6.45) is 0. The molecule has 2 aromatic carbocycles. The molecule has 0 bridgehead atoms. The van der Waals surface area contributed by atoms with Crippen LogP contribution >= 0.6 is 31.9 Å². The van der Waals surface area contributed by atoms with E-state index in [0.717, 1.165) is 8.78 Å². The summed E-state index contributed by atoms with van der Waals surface area (Å²) in [4.78, 5) is 12.2. The zero-order chi connectivity index (χ0) is 18.6. The molecule has 0 fully saturated rings. The van der Waals surface area contributed by atoms with Crippen molar-refractivity contribution in [2.45, 2.75) is 11.8 Å². The van der Waals surface area contributed by atoms with Gasteiger partial charge in [-0.15, -0.1) is 0 Å². The lowest BCUT2D eigenvalue weighted by Gasteiger charge is -2.20. The van der Waals surface area contributed by atoms with Crippen LogP contribution in [0.3, 0.4) is 0 Å². The molecule has 0 aliphatic heterocycles. The zero-order valence-corrected chi connectivity index (χ0v) is 17.2. The van der Waals surface area contributed by atoms with Crippen molar-refractivity contribution < 1.29 is 17.6 Å². The molecule has 0 unspecified atom stereocenters. The van der Waals surface area contributed by atoms with E-state index < -0.39 is 28.3 Å². The maximum Gasteiger partial charge on any atom is 0.243 e. The van der Waals surface area contributed by atoms with E-state index in [9.17, 15) is 17.6 Å². The predicted octanol–water partition coefficient (Wildman–Crippen LogP) is 4.00. The van der Waals surface area contributed by atoms with Crippen molar-refractivity contribution >= 4 is 53.5 Å². The normalized spacial score (nSPS) is 11.6. The molecule has 25 heavy (non-hydrogen) atoms. The second kappa shape index (κ2) is 8.39. The lowest BCUT2D eigenvalue weighted by atomic mass is 10.3. The van der Waals surface area contributed by atoms with Crippen LogP contribution in [0.25, 0.3) is 0 Å². The Labute approximate surface area is 162 Å². The van der Waals surface area contributed by atoms with E-state index in [1.807, 2.05) is 0 Å². The molecule has 5 nitrogen and oxygen atoms in total. The van der Waals surface area contributed by atoms with Crippen LogP contribution in [0.5, 0.6) is 0 Å². The summed E-state index contributed by atoms with van der Waals surface area (Å²) in [5.41, 5.74) is -0.00899. The standard InChI is InChI=1S/C16H15Br2FN2O3S/c1-2-21(25(23,24)13-6-3-11(17)4-7-13)10-16(22)20-15-8-5-12(18)9-14(15)19/h3-9H,2,10H2,1H3,(H,20,22). The summed E-state index contributed by atoms with van der Waals surface area (Å²) in [7, 11) is -3.82. The predicted molar refractivity (Wildman–Crippen MR) is 101 cm³/mol. The van der Waals surface area contributed by atoms with Crippen molar-refractivity contribution in [3.8, 4) is 0 Å². The summed E-state index contributed by atoms with van der Waals surface area (Å²) in [6, 6.07) is 10.3. The van der Waals surface area contributed by atoms with Gasteiger partial charge in [0.05, 0.1) is 17.1 Å². The molecule has 0 aliphatic rings. The van der Waals surface area contributed by atoms with Gasteiger partial charge in [0.25, 0.3) is 0 Å². The Balaban J connectivity index is 2.15. The van der Waals surface area contributed by atoms with E-state index in [4.69, 9.17) is 0 Å². The molecule has 0 heterocycles. The first-order chi connectivity index (χ1) is 11.7. The summed E-state index contributed by atoms with van der Waals surface area (Å²) >= 11 is 6.37. The number of anilines is 1. The minimum absolute atomic E-state index is 0.00899. The van der Waals surface area contributed by atoms with Gasteiger partial charge in [0.2, 0.25) is 15.9 Å². The highest BCUT2D eigenvalue weighted by Gasteiger charge is 2.25. The van der Waals surface area contributed by atoms with E-state index >= 15 is 0 Å². The average Bonchev–Trinajstić information content (AvgIpc) is 2.55. The van der Waals surface area contributed by atoms with Crippen LogP contribution in [0.1, 0.15) is 6.92 Å². The third kappa shape index (κ3) is 5.10. The first-order valence-corrected chi connectivity index (χ1v) is 10.3. The first kappa shape index (κ1) is 20.0. The number of nitrogens with one attached hydrogen (secondary N) is 1. The third-order valence-corrected chi connectivity index (χ3v) is 6.29. The zero-order valence-electron chi connectivity index (χ0n) is 13.2. The van der Waals surface area contributed by atoms with Crippen LogP contribution in [-0.2, 0) is 14.8 Å². The molecular weight excluding hydrogens is 479 g/mol.